The summed E-state index contributed by atoms with van der Waals surface area (Å²) < 4.78 is 5.49. The van der Waals surface area contributed by atoms with E-state index in [1.165, 1.54) is 0 Å². The maximum Gasteiger partial charge on any atom is 0.253 e. The second-order valence-corrected chi connectivity index (χ2v) is 6.05. The summed E-state index contributed by atoms with van der Waals surface area (Å²) in [6.45, 7) is 7.24. The van der Waals surface area contributed by atoms with Crippen LogP contribution >= 0.6 is 12.2 Å². The first-order valence-electron chi connectivity index (χ1n) is 8.13. The van der Waals surface area contributed by atoms with Gasteiger partial charge in [0.1, 0.15) is 5.75 Å². The number of methoxy groups -OCH3 is 1. The van der Waals surface area contributed by atoms with Crippen LogP contribution in [0.5, 0.6) is 5.75 Å². The Balaban J connectivity index is 2.59. The standard InChI is InChI=1S/C18H25N3O2S/c1-6-21(7-2)17(22)15-12(3)20(4)18(24)19-16(15)13-10-8-9-11-14(13)23-5/h8-11,16H,6-7H2,1-5H3,(H,19,24). The fraction of sp³-hybridized carbons (Fsp3) is 0.444. The summed E-state index contributed by atoms with van der Waals surface area (Å²) in [5.74, 6) is 0.759. The zero-order valence-electron chi connectivity index (χ0n) is 14.9. The summed E-state index contributed by atoms with van der Waals surface area (Å²) >= 11 is 5.44. The van der Waals surface area contributed by atoms with Gasteiger partial charge < -0.3 is 19.9 Å². The quantitative estimate of drug-likeness (QED) is 0.830. The van der Waals surface area contributed by atoms with Gasteiger partial charge in [-0.1, -0.05) is 18.2 Å². The van der Waals surface area contributed by atoms with E-state index in [0.29, 0.717) is 23.8 Å². The van der Waals surface area contributed by atoms with E-state index < -0.39 is 0 Å². The predicted octanol–water partition coefficient (Wildman–Crippen LogP) is 2.70. The zero-order valence-corrected chi connectivity index (χ0v) is 15.7. The number of benzene rings is 1. The predicted molar refractivity (Wildman–Crippen MR) is 99.9 cm³/mol. The van der Waals surface area contributed by atoms with Crippen molar-refractivity contribution in [3.63, 3.8) is 0 Å². The highest BCUT2D eigenvalue weighted by atomic mass is 32.1. The van der Waals surface area contributed by atoms with Gasteiger partial charge in [-0.3, -0.25) is 4.79 Å². The molecule has 1 heterocycles. The number of para-hydroxylation sites is 1. The lowest BCUT2D eigenvalue weighted by atomic mass is 9.93. The van der Waals surface area contributed by atoms with Crippen molar-refractivity contribution in [3.8, 4) is 5.75 Å². The first kappa shape index (κ1) is 18.3. The van der Waals surface area contributed by atoms with E-state index in [-0.39, 0.29) is 11.9 Å². The van der Waals surface area contributed by atoms with Gasteiger partial charge in [0.25, 0.3) is 5.91 Å². The number of rotatable bonds is 5. The van der Waals surface area contributed by atoms with Crippen LogP contribution in [-0.2, 0) is 4.79 Å². The SMILES string of the molecule is CCN(CC)C(=O)C1=C(C)N(C)C(=S)NC1c1ccccc1OC. The Bertz CT molecular complexity index is 668. The second-order valence-electron chi connectivity index (χ2n) is 5.66. The van der Waals surface area contributed by atoms with Gasteiger partial charge in [0.2, 0.25) is 0 Å². The Labute approximate surface area is 149 Å². The van der Waals surface area contributed by atoms with Gasteiger partial charge >= 0.3 is 0 Å². The number of hydrogen-bond donors (Lipinski definition) is 1. The summed E-state index contributed by atoms with van der Waals surface area (Å²) in [7, 11) is 3.51. The molecule has 0 fully saturated rings. The van der Waals surface area contributed by atoms with E-state index in [0.717, 1.165) is 17.0 Å². The number of hydrogen-bond acceptors (Lipinski definition) is 3. The van der Waals surface area contributed by atoms with E-state index in [2.05, 4.69) is 5.32 Å². The first-order chi connectivity index (χ1) is 11.5. The van der Waals surface area contributed by atoms with Crippen molar-refractivity contribution in [1.29, 1.82) is 0 Å². The Morgan fingerprint density at radius 3 is 2.54 bits per heavy atom. The fourth-order valence-electron chi connectivity index (χ4n) is 2.93. The highest BCUT2D eigenvalue weighted by Gasteiger charge is 2.35. The van der Waals surface area contributed by atoms with Crippen LogP contribution in [0.15, 0.2) is 35.5 Å². The molecule has 6 heteroatoms. The third-order valence-electron chi connectivity index (χ3n) is 4.49. The molecule has 1 N–H and O–H groups in total. The second kappa shape index (κ2) is 7.66. The van der Waals surface area contributed by atoms with Gasteiger partial charge in [0, 0.05) is 31.4 Å². The third-order valence-corrected chi connectivity index (χ3v) is 4.88. The van der Waals surface area contributed by atoms with Gasteiger partial charge in [-0.2, -0.15) is 0 Å². The molecule has 2 rings (SSSR count). The van der Waals surface area contributed by atoms with Gasteiger partial charge in [0.05, 0.1) is 18.7 Å². The molecule has 1 aliphatic rings. The molecule has 0 aromatic heterocycles. The van der Waals surface area contributed by atoms with E-state index in [1.807, 2.05) is 61.9 Å². The summed E-state index contributed by atoms with van der Waals surface area (Å²) in [6, 6.07) is 7.40. The summed E-state index contributed by atoms with van der Waals surface area (Å²) in [4.78, 5) is 16.8. The minimum absolute atomic E-state index is 0.0234. The van der Waals surface area contributed by atoms with Crippen LogP contribution in [0.2, 0.25) is 0 Å². The smallest absolute Gasteiger partial charge is 0.253 e. The minimum atomic E-state index is -0.321. The fourth-order valence-corrected chi connectivity index (χ4v) is 3.19. The maximum absolute atomic E-state index is 13.1. The van der Waals surface area contributed by atoms with Crippen molar-refractivity contribution in [1.82, 2.24) is 15.1 Å². The van der Waals surface area contributed by atoms with Crippen LogP contribution in [0.4, 0.5) is 0 Å². The molecule has 0 saturated heterocycles. The number of allylic oxidation sites excluding steroid dienone is 1. The molecule has 1 amide bonds. The molecule has 5 nitrogen and oxygen atoms in total. The zero-order chi connectivity index (χ0) is 17.9. The molecule has 130 valence electrons. The molecule has 0 aliphatic carbocycles. The van der Waals surface area contributed by atoms with Crippen LogP contribution in [0.1, 0.15) is 32.4 Å². The minimum Gasteiger partial charge on any atom is -0.496 e. The van der Waals surface area contributed by atoms with E-state index in [4.69, 9.17) is 17.0 Å². The summed E-state index contributed by atoms with van der Waals surface area (Å²) in [5.41, 5.74) is 2.48. The number of likely N-dealkylation sites (N-methyl/N-ethyl adjacent to an activating group) is 1. The number of nitrogens with zero attached hydrogens (tertiary/aromatic N) is 2. The van der Waals surface area contributed by atoms with Gasteiger partial charge in [-0.25, -0.2) is 0 Å². The molecule has 1 unspecified atom stereocenters. The first-order valence-corrected chi connectivity index (χ1v) is 8.54. The van der Waals surface area contributed by atoms with Crippen LogP contribution in [-0.4, -0.2) is 48.1 Å². The highest BCUT2D eigenvalue weighted by molar-refractivity contribution is 7.80. The van der Waals surface area contributed by atoms with Crippen LogP contribution < -0.4 is 10.1 Å². The van der Waals surface area contributed by atoms with E-state index in [1.54, 1.807) is 7.11 Å². The van der Waals surface area contributed by atoms with Crippen LogP contribution in [0, 0.1) is 0 Å². The monoisotopic (exact) mass is 347 g/mol. The number of carbonyl (C=O) groups is 1. The van der Waals surface area contributed by atoms with Crippen LogP contribution in [0.3, 0.4) is 0 Å². The molecule has 0 saturated carbocycles. The van der Waals surface area contributed by atoms with Gasteiger partial charge in [-0.05, 0) is 39.1 Å². The Hall–Kier alpha value is -2.08. The number of nitrogens with one attached hydrogen (secondary N) is 1. The van der Waals surface area contributed by atoms with Gasteiger partial charge in [-0.15, -0.1) is 0 Å². The highest BCUT2D eigenvalue weighted by Crippen LogP contribution is 2.35. The van der Waals surface area contributed by atoms with Gasteiger partial charge in [0.15, 0.2) is 5.11 Å². The number of ether oxygens (including phenoxy) is 1. The number of amides is 1. The molecular formula is C18H25N3O2S. The topological polar surface area (TPSA) is 44.8 Å². The molecular weight excluding hydrogens is 322 g/mol. The largest absolute Gasteiger partial charge is 0.496 e. The molecule has 0 radical (unpaired) electrons. The lowest BCUT2D eigenvalue weighted by Crippen LogP contribution is -2.48. The van der Waals surface area contributed by atoms with Crippen molar-refractivity contribution in [2.45, 2.75) is 26.8 Å². The Kier molecular flexibility index (Phi) is 5.83. The molecule has 0 spiro atoms. The number of carbonyl (C=O) groups excluding carboxylic acids is 1. The van der Waals surface area contributed by atoms with Crippen LogP contribution in [0.25, 0.3) is 0 Å². The lowest BCUT2D eigenvalue weighted by molar-refractivity contribution is -0.127. The van der Waals surface area contributed by atoms with Crippen molar-refractivity contribution in [2.24, 2.45) is 0 Å². The van der Waals surface area contributed by atoms with E-state index >= 15 is 0 Å². The van der Waals surface area contributed by atoms with E-state index in [9.17, 15) is 4.79 Å². The van der Waals surface area contributed by atoms with Crippen molar-refractivity contribution in [2.75, 3.05) is 27.2 Å². The normalized spacial score (nSPS) is 17.6. The Morgan fingerprint density at radius 2 is 1.96 bits per heavy atom. The third kappa shape index (κ3) is 3.24. The molecule has 1 atom stereocenters. The Morgan fingerprint density at radius 1 is 1.33 bits per heavy atom. The molecule has 0 bridgehead atoms. The average molecular weight is 347 g/mol. The lowest BCUT2D eigenvalue weighted by Gasteiger charge is -2.37. The molecule has 1 aromatic rings. The number of thiocarbonyl (C=S) groups is 1. The molecule has 1 aromatic carbocycles. The van der Waals surface area contributed by atoms with Crippen molar-refractivity contribution in [3.05, 3.63) is 41.1 Å². The molecule has 24 heavy (non-hydrogen) atoms. The maximum atomic E-state index is 13.1. The molecule has 1 aliphatic heterocycles. The van der Waals surface area contributed by atoms with Crippen molar-refractivity contribution < 1.29 is 9.53 Å². The average Bonchev–Trinajstić information content (AvgIpc) is 2.60. The summed E-state index contributed by atoms with van der Waals surface area (Å²) in [6.07, 6.45) is 0. The summed E-state index contributed by atoms with van der Waals surface area (Å²) in [5, 5.41) is 3.89. The van der Waals surface area contributed by atoms with Crippen molar-refractivity contribution >= 4 is 23.2 Å².